The molecule has 1 unspecified atom stereocenters. The van der Waals surface area contributed by atoms with Gasteiger partial charge >= 0.3 is 0 Å². The fourth-order valence-corrected chi connectivity index (χ4v) is 2.84. The number of aliphatic hydroxyl groups is 1. The van der Waals surface area contributed by atoms with Gasteiger partial charge in [-0.15, -0.1) is 0 Å². The first kappa shape index (κ1) is 17.3. The first-order valence-electron chi connectivity index (χ1n) is 7.13. The van der Waals surface area contributed by atoms with Gasteiger partial charge in [0, 0.05) is 6.20 Å². The van der Waals surface area contributed by atoms with Crippen LogP contribution in [0.2, 0.25) is 10.0 Å². The van der Waals surface area contributed by atoms with Crippen LogP contribution in [0.25, 0.3) is 5.69 Å². The lowest BCUT2D eigenvalue weighted by molar-refractivity contribution is 0.181. The van der Waals surface area contributed by atoms with Crippen LogP contribution in [-0.2, 0) is 6.54 Å². The van der Waals surface area contributed by atoms with Crippen LogP contribution >= 0.6 is 23.2 Å². The Labute approximate surface area is 153 Å². The molecule has 0 spiro atoms. The maximum absolute atomic E-state index is 9.80. The Bertz CT molecular complexity index is 922. The number of nitrogens with one attached hydrogen (secondary N) is 1. The minimum atomic E-state index is -1.31. The molecule has 0 amide bonds. The number of hydrogen-bond donors (Lipinski definition) is 3. The van der Waals surface area contributed by atoms with Gasteiger partial charge in [-0.05, 0) is 12.1 Å². The van der Waals surface area contributed by atoms with Crippen molar-refractivity contribution in [3.63, 3.8) is 0 Å². The highest BCUT2D eigenvalue weighted by Crippen LogP contribution is 2.31. The fraction of sp³-hybridized carbons (Fsp3) is 0.133. The Morgan fingerprint density at radius 1 is 1.32 bits per heavy atom. The third-order valence-corrected chi connectivity index (χ3v) is 3.94. The van der Waals surface area contributed by atoms with Gasteiger partial charge in [-0.25, -0.2) is 4.68 Å². The van der Waals surface area contributed by atoms with E-state index in [9.17, 15) is 5.11 Å². The summed E-state index contributed by atoms with van der Waals surface area (Å²) in [5.41, 5.74) is 7.36. The smallest absolute Gasteiger partial charge is 0.149 e. The fourth-order valence-electron chi connectivity index (χ4n) is 2.27. The number of rotatable bonds is 5. The molecule has 3 rings (SSSR count). The molecule has 1 aromatic carbocycles. The highest BCUT2D eigenvalue weighted by molar-refractivity contribution is 6.37. The Morgan fingerprint density at radius 2 is 2.04 bits per heavy atom. The summed E-state index contributed by atoms with van der Waals surface area (Å²) in [5.74, 6) is 0. The summed E-state index contributed by atoms with van der Waals surface area (Å²) in [4.78, 5) is 0. The molecule has 1 atom stereocenters. The molecule has 2 heterocycles. The van der Waals surface area contributed by atoms with Gasteiger partial charge in [0.05, 0.1) is 39.9 Å². The summed E-state index contributed by atoms with van der Waals surface area (Å²) in [6.45, 7) is 0.128. The molecule has 25 heavy (non-hydrogen) atoms. The number of nitrogens with zero attached hydrogens (tertiary/aromatic N) is 5. The maximum Gasteiger partial charge on any atom is 0.149 e. The van der Waals surface area contributed by atoms with Crippen molar-refractivity contribution in [2.75, 3.05) is 5.32 Å². The Hall–Kier alpha value is -2.57. The summed E-state index contributed by atoms with van der Waals surface area (Å²) >= 11 is 12.4. The molecule has 128 valence electrons. The minimum Gasteiger partial charge on any atom is -0.373 e. The molecule has 8 nitrogen and oxygen atoms in total. The number of aliphatic hydroxyl groups excluding tert-OH is 1. The third-order valence-electron chi connectivity index (χ3n) is 3.33. The third kappa shape index (κ3) is 3.60. The van der Waals surface area contributed by atoms with Crippen molar-refractivity contribution in [2.45, 2.75) is 12.8 Å². The topological polar surface area (TPSA) is 118 Å². The van der Waals surface area contributed by atoms with Crippen LogP contribution in [-0.4, -0.2) is 24.7 Å². The van der Waals surface area contributed by atoms with E-state index < -0.39 is 6.23 Å². The van der Waals surface area contributed by atoms with Gasteiger partial charge in [-0.2, -0.15) is 15.5 Å². The molecule has 0 bridgehead atoms. The first-order valence-corrected chi connectivity index (χ1v) is 7.89. The monoisotopic (exact) mass is 377 g/mol. The first-order chi connectivity index (χ1) is 12.0. The number of halogens is 2. The van der Waals surface area contributed by atoms with Gasteiger partial charge < -0.3 is 16.2 Å². The highest BCUT2D eigenvalue weighted by atomic mass is 35.5. The van der Waals surface area contributed by atoms with Crippen molar-refractivity contribution in [3.8, 4) is 11.8 Å². The minimum absolute atomic E-state index is 0.128. The molecule has 2 aromatic heterocycles. The van der Waals surface area contributed by atoms with E-state index in [0.717, 1.165) is 0 Å². The summed E-state index contributed by atoms with van der Waals surface area (Å²) in [6, 6.07) is 7.08. The van der Waals surface area contributed by atoms with Crippen LogP contribution in [0.5, 0.6) is 0 Å². The van der Waals surface area contributed by atoms with E-state index in [4.69, 9.17) is 34.2 Å². The van der Waals surface area contributed by atoms with E-state index in [1.165, 1.54) is 9.36 Å². The molecule has 0 saturated carbocycles. The van der Waals surface area contributed by atoms with Gasteiger partial charge in [-0.1, -0.05) is 29.3 Å². The number of benzene rings is 1. The zero-order chi connectivity index (χ0) is 18.0. The Kier molecular flexibility index (Phi) is 4.92. The number of nitrogens with two attached hydrogens (primary N) is 1. The van der Waals surface area contributed by atoms with Crippen LogP contribution in [0.3, 0.4) is 0 Å². The largest absolute Gasteiger partial charge is 0.373 e. The zero-order valence-corrected chi connectivity index (χ0v) is 14.3. The van der Waals surface area contributed by atoms with Crippen molar-refractivity contribution >= 4 is 34.6 Å². The van der Waals surface area contributed by atoms with Crippen molar-refractivity contribution in [3.05, 3.63) is 52.5 Å². The van der Waals surface area contributed by atoms with Crippen molar-refractivity contribution in [1.82, 2.24) is 19.6 Å². The van der Waals surface area contributed by atoms with Crippen molar-refractivity contribution in [1.29, 1.82) is 5.26 Å². The molecule has 4 N–H and O–H groups in total. The number of anilines is 2. The maximum atomic E-state index is 9.80. The van der Waals surface area contributed by atoms with E-state index in [0.29, 0.717) is 27.1 Å². The molecule has 0 fully saturated rings. The van der Waals surface area contributed by atoms with Gasteiger partial charge in [-0.3, -0.25) is 4.68 Å². The quantitative estimate of drug-likeness (QED) is 0.588. The second kappa shape index (κ2) is 7.13. The van der Waals surface area contributed by atoms with E-state index in [-0.39, 0.29) is 12.2 Å². The second-order valence-corrected chi connectivity index (χ2v) is 5.91. The van der Waals surface area contributed by atoms with E-state index in [1.807, 2.05) is 6.07 Å². The van der Waals surface area contributed by atoms with Gasteiger partial charge in [0.15, 0.2) is 0 Å². The molecule has 3 aromatic rings. The summed E-state index contributed by atoms with van der Waals surface area (Å²) in [5, 5.41) is 30.7. The van der Waals surface area contributed by atoms with Gasteiger partial charge in [0.1, 0.15) is 24.2 Å². The summed E-state index contributed by atoms with van der Waals surface area (Å²) in [6.07, 6.45) is 3.50. The Morgan fingerprint density at radius 3 is 2.68 bits per heavy atom. The normalized spacial score (nSPS) is 12.0. The van der Waals surface area contributed by atoms with E-state index >= 15 is 0 Å². The average molecular weight is 378 g/mol. The van der Waals surface area contributed by atoms with Crippen LogP contribution < -0.4 is 11.1 Å². The number of aromatic nitrogens is 4. The lowest BCUT2D eigenvalue weighted by Gasteiger charge is -2.06. The molecule has 0 radical (unpaired) electrons. The van der Waals surface area contributed by atoms with E-state index in [1.54, 1.807) is 36.8 Å². The standard InChI is InChI=1S/C15H13Cl2N7O/c16-10-2-1-3-11(17)14(10)24-8-12(13(22-24)15(19)25)21-9-6-20-23(7-9)5-4-18/h1-3,6-8,15,21,25H,5,19H2. The van der Waals surface area contributed by atoms with E-state index in [2.05, 4.69) is 15.5 Å². The molecular weight excluding hydrogens is 365 g/mol. The lowest BCUT2D eigenvalue weighted by atomic mass is 10.3. The second-order valence-electron chi connectivity index (χ2n) is 5.10. The SMILES string of the molecule is N#CCn1cc(Nc2cn(-c3c(Cl)cccc3Cl)nc2C(N)O)cn1. The van der Waals surface area contributed by atoms with Crippen LogP contribution in [0.15, 0.2) is 36.8 Å². The molecule has 0 saturated heterocycles. The summed E-state index contributed by atoms with van der Waals surface area (Å²) < 4.78 is 2.91. The number of para-hydroxylation sites is 1. The van der Waals surface area contributed by atoms with Crippen molar-refractivity contribution < 1.29 is 5.11 Å². The van der Waals surface area contributed by atoms with Crippen LogP contribution in [0.4, 0.5) is 11.4 Å². The molecule has 0 aliphatic heterocycles. The van der Waals surface area contributed by atoms with Crippen LogP contribution in [0.1, 0.15) is 11.9 Å². The molecular formula is C15H13Cl2N7O. The van der Waals surface area contributed by atoms with Gasteiger partial charge in [0.25, 0.3) is 0 Å². The zero-order valence-electron chi connectivity index (χ0n) is 12.8. The highest BCUT2D eigenvalue weighted by Gasteiger charge is 2.18. The average Bonchev–Trinajstić information content (AvgIpc) is 3.15. The predicted molar refractivity (Wildman–Crippen MR) is 93.9 cm³/mol. The predicted octanol–water partition coefficient (Wildman–Crippen LogP) is 2.59. The summed E-state index contributed by atoms with van der Waals surface area (Å²) in [7, 11) is 0. The van der Waals surface area contributed by atoms with Crippen LogP contribution in [0, 0.1) is 11.3 Å². The lowest BCUT2D eigenvalue weighted by Crippen LogP contribution is -2.11. The molecule has 0 aliphatic rings. The Balaban J connectivity index is 1.99. The molecule has 10 heteroatoms. The number of hydrogen-bond acceptors (Lipinski definition) is 6. The van der Waals surface area contributed by atoms with Crippen molar-refractivity contribution in [2.24, 2.45) is 5.73 Å². The van der Waals surface area contributed by atoms with Gasteiger partial charge in [0.2, 0.25) is 0 Å². The number of nitriles is 1. The molecule has 0 aliphatic carbocycles.